The van der Waals surface area contributed by atoms with Gasteiger partial charge in [-0.25, -0.2) is 0 Å². The summed E-state index contributed by atoms with van der Waals surface area (Å²) in [6.45, 7) is 13.4. The van der Waals surface area contributed by atoms with E-state index in [0.29, 0.717) is 112 Å². The molecule has 0 N–H and O–H groups in total. The predicted molar refractivity (Wildman–Crippen MR) is 173 cm³/mol. The topological polar surface area (TPSA) is 100 Å². The van der Waals surface area contributed by atoms with Gasteiger partial charge >= 0.3 is 5.97 Å². The normalized spacial score (nSPS) is 11.4. The van der Waals surface area contributed by atoms with Gasteiger partial charge in [0.05, 0.1) is 99.1 Å². The van der Waals surface area contributed by atoms with Crippen molar-refractivity contribution in [3.05, 3.63) is 0 Å². The maximum absolute atomic E-state index is 11.8. The monoisotopic (exact) mass is 636 g/mol. The maximum atomic E-state index is 11.8. The molecule has 0 saturated heterocycles. The minimum Gasteiger partial charge on any atom is -0.463 e. The minimum absolute atomic E-state index is 0.131. The van der Waals surface area contributed by atoms with Gasteiger partial charge in [-0.15, -0.1) is 0 Å². The van der Waals surface area contributed by atoms with Gasteiger partial charge in [0.15, 0.2) is 0 Å². The van der Waals surface area contributed by atoms with Gasteiger partial charge in [-0.1, -0.05) is 84.5 Å². The van der Waals surface area contributed by atoms with E-state index in [2.05, 4.69) is 13.8 Å². The zero-order chi connectivity index (χ0) is 31.9. The molecule has 0 spiro atoms. The predicted octanol–water partition coefficient (Wildman–Crippen LogP) is 6.16. The van der Waals surface area contributed by atoms with Crippen molar-refractivity contribution in [2.24, 2.45) is 0 Å². The first kappa shape index (κ1) is 43.1. The summed E-state index contributed by atoms with van der Waals surface area (Å²) in [5, 5.41) is 0. The lowest BCUT2D eigenvalue weighted by molar-refractivity contribution is -0.145. The van der Waals surface area contributed by atoms with Gasteiger partial charge in [-0.3, -0.25) is 4.79 Å². The van der Waals surface area contributed by atoms with Crippen LogP contribution in [0.25, 0.3) is 0 Å². The lowest BCUT2D eigenvalue weighted by Gasteiger charge is -2.09. The van der Waals surface area contributed by atoms with Crippen LogP contribution in [0.15, 0.2) is 0 Å². The Morgan fingerprint density at radius 3 is 0.955 bits per heavy atom. The van der Waals surface area contributed by atoms with E-state index in [1.54, 1.807) is 0 Å². The van der Waals surface area contributed by atoms with Gasteiger partial charge in [0.1, 0.15) is 6.61 Å². The van der Waals surface area contributed by atoms with Crippen molar-refractivity contribution in [3.8, 4) is 0 Å². The Morgan fingerprint density at radius 1 is 0.318 bits per heavy atom. The highest BCUT2D eigenvalue weighted by atomic mass is 16.6. The molecule has 10 nitrogen and oxygen atoms in total. The first-order chi connectivity index (χ1) is 21.8. The molecule has 0 saturated carbocycles. The summed E-state index contributed by atoms with van der Waals surface area (Å²) < 4.78 is 49.1. The SMILES string of the molecule is CCCCCCCCCCCC(=O)OCCOCCOCCOCCOCCOCCOCCOCCOCCCCCC. The molecule has 0 bridgehead atoms. The molecule has 0 radical (unpaired) electrons. The van der Waals surface area contributed by atoms with Crippen molar-refractivity contribution in [1.82, 2.24) is 0 Å². The van der Waals surface area contributed by atoms with E-state index in [1.807, 2.05) is 0 Å². The molecular formula is C34H68O10. The number of rotatable bonds is 39. The van der Waals surface area contributed by atoms with E-state index >= 15 is 0 Å². The Morgan fingerprint density at radius 2 is 0.591 bits per heavy atom. The molecule has 0 aliphatic heterocycles. The van der Waals surface area contributed by atoms with E-state index in [-0.39, 0.29) is 5.97 Å². The van der Waals surface area contributed by atoms with Crippen molar-refractivity contribution in [3.63, 3.8) is 0 Å². The van der Waals surface area contributed by atoms with Crippen LogP contribution in [0.4, 0.5) is 0 Å². The highest BCUT2D eigenvalue weighted by Gasteiger charge is 2.03. The van der Waals surface area contributed by atoms with Crippen LogP contribution in [0.3, 0.4) is 0 Å². The molecule has 0 heterocycles. The molecule has 0 amide bonds. The second-order valence-corrected chi connectivity index (χ2v) is 10.8. The third-order valence-electron chi connectivity index (χ3n) is 6.72. The van der Waals surface area contributed by atoms with E-state index in [9.17, 15) is 4.79 Å². The average Bonchev–Trinajstić information content (AvgIpc) is 3.03. The molecule has 0 atom stereocenters. The third kappa shape index (κ3) is 39.2. The van der Waals surface area contributed by atoms with Crippen molar-refractivity contribution in [2.75, 3.05) is 112 Å². The Bertz CT molecular complexity index is 538. The van der Waals surface area contributed by atoms with E-state index in [1.165, 1.54) is 64.2 Å². The van der Waals surface area contributed by atoms with Gasteiger partial charge in [-0.2, -0.15) is 0 Å². The fourth-order valence-electron chi connectivity index (χ4n) is 4.14. The van der Waals surface area contributed by atoms with Crippen LogP contribution in [-0.2, 0) is 47.4 Å². The standard InChI is InChI=1S/C34H68O10/c1-3-5-7-9-10-11-12-13-14-16-34(35)44-33-32-43-31-30-42-29-28-41-27-26-40-25-24-39-23-22-38-21-20-37-19-18-36-17-15-8-6-4-2/h3-33H2,1-2H3. The first-order valence-electron chi connectivity index (χ1n) is 17.6. The van der Waals surface area contributed by atoms with Gasteiger partial charge in [0.25, 0.3) is 0 Å². The average molecular weight is 637 g/mol. The molecule has 44 heavy (non-hydrogen) atoms. The zero-order valence-electron chi connectivity index (χ0n) is 28.5. The molecule has 0 unspecified atom stereocenters. The summed E-state index contributed by atoms with van der Waals surface area (Å²) in [5.74, 6) is -0.131. The molecule has 10 heteroatoms. The molecule has 0 aromatic carbocycles. The Hall–Kier alpha value is -0.850. The summed E-state index contributed by atoms with van der Waals surface area (Å²) in [4.78, 5) is 11.8. The molecule has 0 aromatic heterocycles. The molecule has 0 fully saturated rings. The largest absolute Gasteiger partial charge is 0.463 e. The summed E-state index contributed by atoms with van der Waals surface area (Å²) in [6.07, 6.45) is 16.5. The Kier molecular flexibility index (Phi) is 39.4. The van der Waals surface area contributed by atoms with Crippen LogP contribution >= 0.6 is 0 Å². The number of carbonyl (C=O) groups is 1. The lowest BCUT2D eigenvalue weighted by Crippen LogP contribution is -2.15. The third-order valence-corrected chi connectivity index (χ3v) is 6.72. The van der Waals surface area contributed by atoms with Crippen LogP contribution in [0, 0.1) is 0 Å². The van der Waals surface area contributed by atoms with Crippen molar-refractivity contribution in [1.29, 1.82) is 0 Å². The van der Waals surface area contributed by atoms with E-state index in [0.717, 1.165) is 25.9 Å². The Balaban J connectivity index is 3.11. The van der Waals surface area contributed by atoms with Crippen LogP contribution in [-0.4, -0.2) is 118 Å². The van der Waals surface area contributed by atoms with Gasteiger partial charge in [0, 0.05) is 13.0 Å². The van der Waals surface area contributed by atoms with Crippen molar-refractivity contribution < 1.29 is 47.4 Å². The van der Waals surface area contributed by atoms with E-state index < -0.39 is 0 Å². The molecule has 0 aliphatic carbocycles. The van der Waals surface area contributed by atoms with Crippen LogP contribution in [0.5, 0.6) is 0 Å². The molecule has 0 aliphatic rings. The van der Waals surface area contributed by atoms with Gasteiger partial charge < -0.3 is 42.6 Å². The number of hydrogen-bond donors (Lipinski definition) is 0. The summed E-state index contributed by atoms with van der Waals surface area (Å²) >= 11 is 0. The molecule has 264 valence electrons. The van der Waals surface area contributed by atoms with Crippen molar-refractivity contribution >= 4 is 5.97 Å². The fraction of sp³-hybridized carbons (Fsp3) is 0.971. The number of hydrogen-bond acceptors (Lipinski definition) is 10. The number of unbranched alkanes of at least 4 members (excludes halogenated alkanes) is 11. The van der Waals surface area contributed by atoms with Crippen LogP contribution in [0.1, 0.15) is 104 Å². The second kappa shape index (κ2) is 40.2. The molecular weight excluding hydrogens is 568 g/mol. The van der Waals surface area contributed by atoms with Gasteiger partial charge in [0.2, 0.25) is 0 Å². The van der Waals surface area contributed by atoms with Gasteiger partial charge in [-0.05, 0) is 12.8 Å². The zero-order valence-corrected chi connectivity index (χ0v) is 28.5. The maximum Gasteiger partial charge on any atom is 0.305 e. The van der Waals surface area contributed by atoms with E-state index in [4.69, 9.17) is 42.6 Å². The van der Waals surface area contributed by atoms with Crippen LogP contribution in [0.2, 0.25) is 0 Å². The molecule has 0 rings (SSSR count). The smallest absolute Gasteiger partial charge is 0.305 e. The quantitative estimate of drug-likeness (QED) is 0.0576. The highest BCUT2D eigenvalue weighted by Crippen LogP contribution is 2.10. The minimum atomic E-state index is -0.131. The summed E-state index contributed by atoms with van der Waals surface area (Å²) in [6, 6.07) is 0. The summed E-state index contributed by atoms with van der Waals surface area (Å²) in [5.41, 5.74) is 0. The number of esters is 1. The summed E-state index contributed by atoms with van der Waals surface area (Å²) in [7, 11) is 0. The number of carbonyl (C=O) groups excluding carboxylic acids is 1. The lowest BCUT2D eigenvalue weighted by atomic mass is 10.1. The molecule has 0 aromatic rings. The Labute approximate surface area is 269 Å². The van der Waals surface area contributed by atoms with Crippen LogP contribution < -0.4 is 0 Å². The van der Waals surface area contributed by atoms with Crippen molar-refractivity contribution in [2.45, 2.75) is 104 Å². The fourth-order valence-corrected chi connectivity index (χ4v) is 4.14. The first-order valence-corrected chi connectivity index (χ1v) is 17.6. The highest BCUT2D eigenvalue weighted by molar-refractivity contribution is 5.69. The second-order valence-electron chi connectivity index (χ2n) is 10.8. The number of ether oxygens (including phenoxy) is 9.